The van der Waals surface area contributed by atoms with E-state index in [1.165, 1.54) is 18.9 Å². The molecule has 1 heterocycles. The summed E-state index contributed by atoms with van der Waals surface area (Å²) in [6.07, 6.45) is 4.90. The molecule has 1 atom stereocenters. The van der Waals surface area contributed by atoms with Gasteiger partial charge in [0.25, 0.3) is 0 Å². The number of esters is 1. The summed E-state index contributed by atoms with van der Waals surface area (Å²) in [5.74, 6) is 0.251. The van der Waals surface area contributed by atoms with Gasteiger partial charge in [-0.3, -0.25) is 9.78 Å². The molecule has 1 unspecified atom stereocenters. The van der Waals surface area contributed by atoms with Crippen LogP contribution in [0.3, 0.4) is 0 Å². The Kier molecular flexibility index (Phi) is 4.70. The van der Waals surface area contributed by atoms with Crippen molar-refractivity contribution in [2.45, 2.75) is 17.5 Å². The minimum absolute atomic E-state index is 0.286. The molecule has 0 bridgehead atoms. The molecular formula is C10H15N3O2S. The zero-order chi connectivity index (χ0) is 12.0. The maximum absolute atomic E-state index is 11.6. The highest BCUT2D eigenvalue weighted by Gasteiger charge is 2.32. The fourth-order valence-electron chi connectivity index (χ4n) is 1.04. The summed E-state index contributed by atoms with van der Waals surface area (Å²) >= 11 is 1.46. The van der Waals surface area contributed by atoms with E-state index in [4.69, 9.17) is 4.74 Å². The van der Waals surface area contributed by atoms with E-state index >= 15 is 0 Å². The van der Waals surface area contributed by atoms with E-state index in [0.717, 1.165) is 5.03 Å². The molecule has 1 N–H and O–H groups in total. The predicted octanol–water partition coefficient (Wildman–Crippen LogP) is 0.720. The molecule has 0 aromatic carbocycles. The Hall–Kier alpha value is -1.14. The van der Waals surface area contributed by atoms with E-state index in [9.17, 15) is 4.79 Å². The van der Waals surface area contributed by atoms with Gasteiger partial charge in [-0.1, -0.05) is 0 Å². The van der Waals surface area contributed by atoms with E-state index < -0.39 is 5.54 Å². The second-order valence-electron chi connectivity index (χ2n) is 3.41. The summed E-state index contributed by atoms with van der Waals surface area (Å²) in [5.41, 5.74) is -0.711. The van der Waals surface area contributed by atoms with Crippen LogP contribution in [-0.2, 0) is 9.53 Å². The van der Waals surface area contributed by atoms with Crippen LogP contribution >= 0.6 is 11.8 Å². The van der Waals surface area contributed by atoms with Crippen molar-refractivity contribution in [1.29, 1.82) is 0 Å². The average molecular weight is 241 g/mol. The first-order valence-electron chi connectivity index (χ1n) is 4.78. The lowest BCUT2D eigenvalue weighted by molar-refractivity contribution is -0.146. The summed E-state index contributed by atoms with van der Waals surface area (Å²) in [6.45, 7) is 1.79. The summed E-state index contributed by atoms with van der Waals surface area (Å²) < 4.78 is 4.74. The Labute approximate surface area is 99.0 Å². The van der Waals surface area contributed by atoms with E-state index in [-0.39, 0.29) is 5.97 Å². The standard InChI is InChI=1S/C10H15N3O2S/c1-10(11-2,9(14)15-3)7-16-8-6-12-4-5-13-8/h4-6,11H,7H2,1-3H3. The number of nitrogens with one attached hydrogen (secondary N) is 1. The number of carbonyl (C=O) groups is 1. The first-order valence-corrected chi connectivity index (χ1v) is 5.77. The van der Waals surface area contributed by atoms with Crippen LogP contribution < -0.4 is 5.32 Å². The number of rotatable bonds is 5. The second-order valence-corrected chi connectivity index (χ2v) is 4.40. The van der Waals surface area contributed by atoms with Gasteiger partial charge in [0.15, 0.2) is 0 Å². The molecular weight excluding hydrogens is 226 g/mol. The molecule has 5 nitrogen and oxygen atoms in total. The van der Waals surface area contributed by atoms with Gasteiger partial charge in [0.2, 0.25) is 0 Å². The summed E-state index contributed by atoms with van der Waals surface area (Å²) in [6, 6.07) is 0. The number of methoxy groups -OCH3 is 1. The molecule has 88 valence electrons. The van der Waals surface area contributed by atoms with Gasteiger partial charge in [0.05, 0.1) is 13.3 Å². The number of thioether (sulfide) groups is 1. The summed E-state index contributed by atoms with van der Waals surface area (Å²) in [7, 11) is 3.11. The summed E-state index contributed by atoms with van der Waals surface area (Å²) in [5, 5.41) is 3.74. The van der Waals surface area contributed by atoms with Crippen molar-refractivity contribution in [1.82, 2.24) is 15.3 Å². The van der Waals surface area contributed by atoms with Crippen molar-refractivity contribution >= 4 is 17.7 Å². The van der Waals surface area contributed by atoms with Gasteiger partial charge < -0.3 is 10.1 Å². The Bertz CT molecular complexity index is 347. The Balaban J connectivity index is 2.62. The first kappa shape index (κ1) is 12.9. The average Bonchev–Trinajstić information content (AvgIpc) is 2.36. The van der Waals surface area contributed by atoms with Crippen LogP contribution in [0.2, 0.25) is 0 Å². The largest absolute Gasteiger partial charge is 0.468 e. The zero-order valence-electron chi connectivity index (χ0n) is 9.56. The summed E-state index contributed by atoms with van der Waals surface area (Å²) in [4.78, 5) is 19.6. The number of hydrogen-bond acceptors (Lipinski definition) is 6. The lowest BCUT2D eigenvalue weighted by Gasteiger charge is -2.25. The number of nitrogens with zero attached hydrogens (tertiary/aromatic N) is 2. The molecule has 6 heteroatoms. The van der Waals surface area contributed by atoms with Crippen LogP contribution in [0.4, 0.5) is 0 Å². The smallest absolute Gasteiger partial charge is 0.326 e. The molecule has 16 heavy (non-hydrogen) atoms. The molecule has 0 saturated carbocycles. The minimum atomic E-state index is -0.711. The van der Waals surface area contributed by atoms with Crippen LogP contribution in [0.25, 0.3) is 0 Å². The van der Waals surface area contributed by atoms with Gasteiger partial charge in [0.1, 0.15) is 10.6 Å². The van der Waals surface area contributed by atoms with Gasteiger partial charge in [0, 0.05) is 18.1 Å². The highest BCUT2D eigenvalue weighted by Crippen LogP contribution is 2.20. The van der Waals surface area contributed by atoms with Crippen LogP contribution in [0, 0.1) is 0 Å². The highest BCUT2D eigenvalue weighted by atomic mass is 32.2. The van der Waals surface area contributed by atoms with Crippen molar-refractivity contribution in [2.75, 3.05) is 19.9 Å². The Morgan fingerprint density at radius 2 is 2.38 bits per heavy atom. The van der Waals surface area contributed by atoms with E-state index in [2.05, 4.69) is 15.3 Å². The molecule has 0 amide bonds. The topological polar surface area (TPSA) is 64.1 Å². The lowest BCUT2D eigenvalue weighted by atomic mass is 10.1. The number of ether oxygens (including phenoxy) is 1. The predicted molar refractivity (Wildman–Crippen MR) is 62.2 cm³/mol. The molecule has 0 spiro atoms. The van der Waals surface area contributed by atoms with Gasteiger partial charge in [-0.25, -0.2) is 4.98 Å². The van der Waals surface area contributed by atoms with Crippen LogP contribution in [0.5, 0.6) is 0 Å². The zero-order valence-corrected chi connectivity index (χ0v) is 10.4. The minimum Gasteiger partial charge on any atom is -0.468 e. The monoisotopic (exact) mass is 241 g/mol. The first-order chi connectivity index (χ1) is 7.62. The van der Waals surface area contributed by atoms with E-state index in [1.54, 1.807) is 32.6 Å². The van der Waals surface area contributed by atoms with Gasteiger partial charge >= 0.3 is 5.97 Å². The third-order valence-corrected chi connectivity index (χ3v) is 3.46. The van der Waals surface area contributed by atoms with Crippen molar-refractivity contribution in [3.63, 3.8) is 0 Å². The van der Waals surface area contributed by atoms with E-state index in [0.29, 0.717) is 5.75 Å². The van der Waals surface area contributed by atoms with E-state index in [1.807, 2.05) is 0 Å². The molecule has 0 radical (unpaired) electrons. The third-order valence-electron chi connectivity index (χ3n) is 2.24. The maximum atomic E-state index is 11.6. The van der Waals surface area contributed by atoms with Gasteiger partial charge in [-0.15, -0.1) is 11.8 Å². The molecule has 1 rings (SSSR count). The van der Waals surface area contributed by atoms with Crippen LogP contribution in [0.15, 0.2) is 23.6 Å². The molecule has 1 aromatic rings. The van der Waals surface area contributed by atoms with Gasteiger partial charge in [-0.05, 0) is 14.0 Å². The highest BCUT2D eigenvalue weighted by molar-refractivity contribution is 7.99. The molecule has 0 fully saturated rings. The van der Waals surface area contributed by atoms with Crippen LogP contribution in [-0.4, -0.2) is 41.4 Å². The maximum Gasteiger partial charge on any atom is 0.326 e. The van der Waals surface area contributed by atoms with Crippen molar-refractivity contribution in [3.05, 3.63) is 18.6 Å². The Morgan fingerprint density at radius 3 is 2.88 bits per heavy atom. The quantitative estimate of drug-likeness (QED) is 0.605. The fourth-order valence-corrected chi connectivity index (χ4v) is 2.01. The second kappa shape index (κ2) is 5.81. The molecule has 1 aromatic heterocycles. The molecule has 0 aliphatic carbocycles. The van der Waals surface area contributed by atoms with Crippen molar-refractivity contribution in [3.8, 4) is 0 Å². The molecule has 0 saturated heterocycles. The Morgan fingerprint density at radius 1 is 1.62 bits per heavy atom. The van der Waals surface area contributed by atoms with Crippen molar-refractivity contribution < 1.29 is 9.53 Å². The molecule has 0 aliphatic heterocycles. The number of likely N-dealkylation sites (N-methyl/N-ethyl adjacent to an activating group) is 1. The molecule has 0 aliphatic rings. The SMILES string of the molecule is CNC(C)(CSc1cnccn1)C(=O)OC. The van der Waals surface area contributed by atoms with Gasteiger partial charge in [-0.2, -0.15) is 0 Å². The normalized spacial score (nSPS) is 14.2. The number of aromatic nitrogens is 2. The lowest BCUT2D eigenvalue weighted by Crippen LogP contribution is -2.50. The van der Waals surface area contributed by atoms with Crippen molar-refractivity contribution in [2.24, 2.45) is 0 Å². The number of hydrogen-bond donors (Lipinski definition) is 1. The number of carbonyl (C=O) groups excluding carboxylic acids is 1. The van der Waals surface area contributed by atoms with Crippen LogP contribution in [0.1, 0.15) is 6.92 Å². The fraction of sp³-hybridized carbons (Fsp3) is 0.500. The third kappa shape index (κ3) is 3.18.